The van der Waals surface area contributed by atoms with Crippen LogP contribution < -0.4 is 5.32 Å². The zero-order valence-electron chi connectivity index (χ0n) is 15.8. The molecule has 0 aliphatic carbocycles. The van der Waals surface area contributed by atoms with Gasteiger partial charge < -0.3 is 5.32 Å². The van der Waals surface area contributed by atoms with E-state index in [4.69, 9.17) is 0 Å². The Hall–Kier alpha value is -1.70. The number of carbonyl (C=O) groups is 1. The third-order valence-electron chi connectivity index (χ3n) is 4.81. The molecule has 2 aromatic rings. The lowest BCUT2D eigenvalue weighted by Gasteiger charge is -2.25. The van der Waals surface area contributed by atoms with E-state index in [9.17, 15) is 13.2 Å². The summed E-state index contributed by atoms with van der Waals surface area (Å²) in [5, 5.41) is 2.87. The van der Waals surface area contributed by atoms with Crippen molar-refractivity contribution < 1.29 is 13.2 Å². The second kappa shape index (κ2) is 8.54. The molecule has 0 bridgehead atoms. The molecule has 1 aromatic carbocycles. The van der Waals surface area contributed by atoms with Gasteiger partial charge in [0, 0.05) is 23.5 Å². The fraction of sp³-hybridized carbons (Fsp3) is 0.450. The van der Waals surface area contributed by atoms with Gasteiger partial charge in [0.1, 0.15) is 4.21 Å². The molecule has 146 valence electrons. The van der Waals surface area contributed by atoms with Gasteiger partial charge in [-0.05, 0) is 48.6 Å². The Balaban J connectivity index is 1.61. The summed E-state index contributed by atoms with van der Waals surface area (Å²) in [7, 11) is -3.41. The lowest BCUT2D eigenvalue weighted by atomic mass is 10.0. The zero-order valence-corrected chi connectivity index (χ0v) is 17.4. The van der Waals surface area contributed by atoms with Gasteiger partial charge in [-0.15, -0.1) is 11.3 Å². The van der Waals surface area contributed by atoms with Crippen LogP contribution in [0.25, 0.3) is 0 Å². The Labute approximate surface area is 165 Å². The molecule has 0 atom stereocenters. The molecule has 1 aliphatic heterocycles. The average Bonchev–Trinajstić information content (AvgIpc) is 3.17. The number of sulfonamides is 1. The monoisotopic (exact) mass is 406 g/mol. The van der Waals surface area contributed by atoms with Crippen LogP contribution >= 0.6 is 11.3 Å². The van der Waals surface area contributed by atoms with Gasteiger partial charge in [0.25, 0.3) is 15.9 Å². The minimum Gasteiger partial charge on any atom is -0.347 e. The number of thiophene rings is 1. The topological polar surface area (TPSA) is 66.5 Å². The first-order chi connectivity index (χ1) is 12.9. The summed E-state index contributed by atoms with van der Waals surface area (Å²) in [6.45, 7) is 5.74. The van der Waals surface area contributed by atoms with E-state index in [-0.39, 0.29) is 5.91 Å². The lowest BCUT2D eigenvalue weighted by molar-refractivity contribution is 0.0951. The van der Waals surface area contributed by atoms with Gasteiger partial charge in [0.15, 0.2) is 0 Å². The number of nitrogens with zero attached hydrogens (tertiary/aromatic N) is 1. The molecule has 5 nitrogen and oxygen atoms in total. The molecule has 1 saturated heterocycles. The van der Waals surface area contributed by atoms with E-state index in [0.717, 1.165) is 24.1 Å². The van der Waals surface area contributed by atoms with Crippen molar-refractivity contribution in [2.24, 2.45) is 0 Å². The molecule has 0 saturated carbocycles. The van der Waals surface area contributed by atoms with Crippen LogP contribution in [-0.2, 0) is 16.6 Å². The van der Waals surface area contributed by atoms with Gasteiger partial charge in [-0.25, -0.2) is 8.42 Å². The largest absolute Gasteiger partial charge is 0.347 e. The molecule has 0 spiro atoms. The Morgan fingerprint density at radius 2 is 1.74 bits per heavy atom. The third-order valence-corrected chi connectivity index (χ3v) is 8.26. The van der Waals surface area contributed by atoms with Crippen molar-refractivity contribution in [1.29, 1.82) is 0 Å². The normalized spacial score (nSPS) is 15.8. The van der Waals surface area contributed by atoms with Gasteiger partial charge >= 0.3 is 0 Å². The Bertz CT molecular complexity index is 880. The first-order valence-electron chi connectivity index (χ1n) is 9.35. The maximum atomic E-state index is 12.7. The van der Waals surface area contributed by atoms with Gasteiger partial charge in [0.05, 0.1) is 6.54 Å². The van der Waals surface area contributed by atoms with Crippen molar-refractivity contribution in [2.75, 3.05) is 13.1 Å². The van der Waals surface area contributed by atoms with E-state index in [1.807, 2.05) is 24.3 Å². The van der Waals surface area contributed by atoms with Crippen LogP contribution in [0, 0.1) is 0 Å². The summed E-state index contributed by atoms with van der Waals surface area (Å²) in [6.07, 6.45) is 2.93. The number of benzene rings is 1. The van der Waals surface area contributed by atoms with Crippen LogP contribution in [0.5, 0.6) is 0 Å². The summed E-state index contributed by atoms with van der Waals surface area (Å²) >= 11 is 1.23. The van der Waals surface area contributed by atoms with Crippen LogP contribution in [-0.4, -0.2) is 31.7 Å². The SMILES string of the molecule is CC(C)c1ccc(C(=O)NCc2ccc(S(=O)(=O)N3CCCCC3)s2)cc1. The highest BCUT2D eigenvalue weighted by Gasteiger charge is 2.27. The van der Waals surface area contributed by atoms with E-state index in [1.165, 1.54) is 16.9 Å². The number of carbonyl (C=O) groups excluding carboxylic acids is 1. The van der Waals surface area contributed by atoms with E-state index in [0.29, 0.717) is 35.3 Å². The fourth-order valence-electron chi connectivity index (χ4n) is 3.11. The number of hydrogen-bond acceptors (Lipinski definition) is 4. The second-order valence-corrected chi connectivity index (χ2v) is 10.5. The zero-order chi connectivity index (χ0) is 19.4. The van der Waals surface area contributed by atoms with E-state index < -0.39 is 10.0 Å². The number of rotatable bonds is 6. The number of amides is 1. The van der Waals surface area contributed by atoms with Gasteiger partial charge in [-0.3, -0.25) is 4.79 Å². The Morgan fingerprint density at radius 1 is 1.07 bits per heavy atom. The highest BCUT2D eigenvalue weighted by molar-refractivity contribution is 7.91. The van der Waals surface area contributed by atoms with Crippen LogP contribution in [0.4, 0.5) is 0 Å². The lowest BCUT2D eigenvalue weighted by Crippen LogP contribution is -2.35. The van der Waals surface area contributed by atoms with Crippen molar-refractivity contribution in [2.45, 2.75) is 49.8 Å². The van der Waals surface area contributed by atoms with E-state index >= 15 is 0 Å². The van der Waals surface area contributed by atoms with E-state index in [2.05, 4.69) is 19.2 Å². The minimum absolute atomic E-state index is 0.154. The van der Waals surface area contributed by atoms with Crippen molar-refractivity contribution >= 4 is 27.3 Å². The van der Waals surface area contributed by atoms with Crippen molar-refractivity contribution in [1.82, 2.24) is 9.62 Å². The average molecular weight is 407 g/mol. The van der Waals surface area contributed by atoms with Gasteiger partial charge in [-0.2, -0.15) is 4.31 Å². The van der Waals surface area contributed by atoms with Gasteiger partial charge in [-0.1, -0.05) is 32.4 Å². The van der Waals surface area contributed by atoms with Crippen molar-refractivity contribution in [3.05, 3.63) is 52.4 Å². The molecular formula is C20H26N2O3S2. The molecule has 1 N–H and O–H groups in total. The standard InChI is InChI=1S/C20H26N2O3S2/c1-15(2)16-6-8-17(9-7-16)20(23)21-14-18-10-11-19(26-18)27(24,25)22-12-4-3-5-13-22/h6-11,15H,3-5,12-14H2,1-2H3,(H,21,23). The summed E-state index contributed by atoms with van der Waals surface area (Å²) < 4.78 is 27.3. The molecule has 0 unspecified atom stereocenters. The maximum Gasteiger partial charge on any atom is 0.252 e. The van der Waals surface area contributed by atoms with Crippen molar-refractivity contribution in [3.63, 3.8) is 0 Å². The summed E-state index contributed by atoms with van der Waals surface area (Å²) in [5.41, 5.74) is 1.80. The molecule has 27 heavy (non-hydrogen) atoms. The van der Waals surface area contributed by atoms with Crippen LogP contribution in [0.15, 0.2) is 40.6 Å². The molecule has 1 fully saturated rings. The minimum atomic E-state index is -3.41. The van der Waals surface area contributed by atoms with Crippen LogP contribution in [0.1, 0.15) is 59.8 Å². The second-order valence-electron chi connectivity index (χ2n) is 7.14. The highest BCUT2D eigenvalue weighted by atomic mass is 32.2. The first kappa shape index (κ1) is 20.0. The van der Waals surface area contributed by atoms with Crippen molar-refractivity contribution in [3.8, 4) is 0 Å². The molecule has 0 radical (unpaired) electrons. The molecule has 1 aliphatic rings. The number of piperidine rings is 1. The molecule has 3 rings (SSSR count). The molecular weight excluding hydrogens is 380 g/mol. The van der Waals surface area contributed by atoms with Gasteiger partial charge in [0.2, 0.25) is 0 Å². The van der Waals surface area contributed by atoms with Crippen LogP contribution in [0.2, 0.25) is 0 Å². The quantitative estimate of drug-likeness (QED) is 0.789. The highest BCUT2D eigenvalue weighted by Crippen LogP contribution is 2.27. The summed E-state index contributed by atoms with van der Waals surface area (Å²) in [5.74, 6) is 0.271. The Morgan fingerprint density at radius 3 is 2.37 bits per heavy atom. The predicted octanol–water partition coefficient (Wildman–Crippen LogP) is 3.98. The molecule has 1 aromatic heterocycles. The number of nitrogens with one attached hydrogen (secondary N) is 1. The fourth-order valence-corrected chi connectivity index (χ4v) is 6.08. The third kappa shape index (κ3) is 4.78. The molecule has 2 heterocycles. The summed E-state index contributed by atoms with van der Waals surface area (Å²) in [4.78, 5) is 13.1. The molecule has 1 amide bonds. The molecule has 7 heteroatoms. The summed E-state index contributed by atoms with van der Waals surface area (Å²) in [6, 6.07) is 11.0. The smallest absolute Gasteiger partial charge is 0.252 e. The maximum absolute atomic E-state index is 12.7. The Kier molecular flexibility index (Phi) is 6.34. The van der Waals surface area contributed by atoms with E-state index in [1.54, 1.807) is 16.4 Å². The predicted molar refractivity (Wildman–Crippen MR) is 109 cm³/mol. The first-order valence-corrected chi connectivity index (χ1v) is 11.6. The number of hydrogen-bond donors (Lipinski definition) is 1. The van der Waals surface area contributed by atoms with Crippen LogP contribution in [0.3, 0.4) is 0 Å².